The smallest absolute Gasteiger partial charge is 0.274 e. The molecule has 0 aliphatic rings. The molecule has 0 aliphatic heterocycles. The molecule has 10 nitrogen and oxygen atoms in total. The summed E-state index contributed by atoms with van der Waals surface area (Å²) in [7, 11) is 0. The van der Waals surface area contributed by atoms with Crippen molar-refractivity contribution >= 4 is 5.78 Å². The fraction of sp³-hybridized carbons (Fsp3) is 0.667. The third-order valence-electron chi connectivity index (χ3n) is 1.24. The predicted octanol–water partition coefficient (Wildman–Crippen LogP) is -0.941. The third-order valence-corrected chi connectivity index (χ3v) is 1.24. The van der Waals surface area contributed by atoms with Gasteiger partial charge in [0.2, 0.25) is 0 Å². The van der Waals surface area contributed by atoms with E-state index in [0.717, 1.165) is 0 Å². The lowest BCUT2D eigenvalue weighted by Crippen LogP contribution is -2.58. The SMILES string of the molecule is CC(=O)C([N+](=O)[O-])([N+](=O)[O-])[N+](=O)[O-]. The highest BCUT2D eigenvalue weighted by molar-refractivity contribution is 5.80. The molecule has 0 saturated carbocycles. The van der Waals surface area contributed by atoms with E-state index in [4.69, 9.17) is 0 Å². The van der Waals surface area contributed by atoms with Crippen LogP contribution < -0.4 is 0 Å². The Morgan fingerprint density at radius 3 is 1.23 bits per heavy atom. The zero-order valence-corrected chi connectivity index (χ0v) is 6.20. The van der Waals surface area contributed by atoms with Gasteiger partial charge in [0.15, 0.2) is 14.8 Å². The average Bonchev–Trinajstić information content (AvgIpc) is 1.82. The van der Waals surface area contributed by atoms with E-state index in [9.17, 15) is 35.1 Å². The lowest BCUT2D eigenvalue weighted by atomic mass is 10.3. The van der Waals surface area contributed by atoms with Crippen LogP contribution in [0.3, 0.4) is 0 Å². The first kappa shape index (κ1) is 10.9. The maximum atomic E-state index is 10.5. The molecule has 0 rings (SSSR count). The molecule has 0 amide bonds. The molecule has 0 N–H and O–H groups in total. The summed E-state index contributed by atoms with van der Waals surface area (Å²) >= 11 is 0. The van der Waals surface area contributed by atoms with Gasteiger partial charge in [-0.25, -0.2) is 0 Å². The van der Waals surface area contributed by atoms with Gasteiger partial charge in [0, 0.05) is 6.92 Å². The fourth-order valence-electron chi connectivity index (χ4n) is 0.586. The van der Waals surface area contributed by atoms with Gasteiger partial charge in [-0.1, -0.05) is 0 Å². The molecule has 72 valence electrons. The van der Waals surface area contributed by atoms with Crippen LogP contribution in [0.1, 0.15) is 6.92 Å². The largest absolute Gasteiger partial charge is 0.761 e. The molecule has 0 aromatic carbocycles. The van der Waals surface area contributed by atoms with E-state index >= 15 is 0 Å². The summed E-state index contributed by atoms with van der Waals surface area (Å²) in [5.41, 5.74) is 0. The number of hydrogen-bond donors (Lipinski definition) is 0. The Kier molecular flexibility index (Phi) is 2.58. The van der Waals surface area contributed by atoms with Crippen LogP contribution in [0, 0.1) is 30.3 Å². The van der Waals surface area contributed by atoms with Crippen molar-refractivity contribution in [3.8, 4) is 0 Å². The average molecular weight is 193 g/mol. The molecule has 0 spiro atoms. The Morgan fingerprint density at radius 1 is 1.00 bits per heavy atom. The van der Waals surface area contributed by atoms with E-state index < -0.39 is 26.3 Å². The molecular weight excluding hydrogens is 190 g/mol. The first-order valence-corrected chi connectivity index (χ1v) is 2.72. The quantitative estimate of drug-likeness (QED) is 0.317. The van der Waals surface area contributed by atoms with Crippen molar-refractivity contribution in [3.05, 3.63) is 30.3 Å². The van der Waals surface area contributed by atoms with Crippen LogP contribution in [0.15, 0.2) is 0 Å². The molecule has 10 heteroatoms. The second kappa shape index (κ2) is 3.08. The number of nitro groups is 3. The van der Waals surface area contributed by atoms with E-state index in [-0.39, 0.29) is 0 Å². The Morgan fingerprint density at radius 2 is 1.23 bits per heavy atom. The number of ketones is 1. The topological polar surface area (TPSA) is 146 Å². The molecule has 0 radical (unpaired) electrons. The molecule has 0 fully saturated rings. The molecule has 13 heavy (non-hydrogen) atoms. The highest BCUT2D eigenvalue weighted by Gasteiger charge is 2.75. The van der Waals surface area contributed by atoms with E-state index in [1.54, 1.807) is 0 Å². The number of rotatable bonds is 4. The summed E-state index contributed by atoms with van der Waals surface area (Å²) < 4.78 is 0. The maximum Gasteiger partial charge on any atom is 0.761 e. The van der Waals surface area contributed by atoms with Crippen molar-refractivity contribution in [1.82, 2.24) is 0 Å². The zero-order valence-electron chi connectivity index (χ0n) is 6.20. The van der Waals surface area contributed by atoms with Gasteiger partial charge in [-0.2, -0.15) is 0 Å². The summed E-state index contributed by atoms with van der Waals surface area (Å²) in [6.07, 6.45) is 0. The summed E-state index contributed by atoms with van der Waals surface area (Å²) in [4.78, 5) is 35.1. The molecular formula is C3H3N3O7. The van der Waals surface area contributed by atoms with Gasteiger partial charge in [0.25, 0.3) is 0 Å². The minimum atomic E-state index is -3.97. The second-order valence-corrected chi connectivity index (χ2v) is 1.96. The zero-order chi connectivity index (χ0) is 10.8. The molecule has 0 bridgehead atoms. The number of Topliss-reactive ketones (excluding diaryl/α,β-unsaturated/α-hetero) is 1. The van der Waals surface area contributed by atoms with Gasteiger partial charge in [-0.15, -0.1) is 0 Å². The van der Waals surface area contributed by atoms with Crippen LogP contribution in [-0.2, 0) is 4.79 Å². The van der Waals surface area contributed by atoms with Gasteiger partial charge in [-0.3, -0.25) is 35.1 Å². The number of carbonyl (C=O) groups is 1. The van der Waals surface area contributed by atoms with Crippen LogP contribution in [-0.4, -0.2) is 26.3 Å². The maximum absolute atomic E-state index is 10.5. The minimum absolute atomic E-state index is 0.411. The van der Waals surface area contributed by atoms with E-state index in [1.807, 2.05) is 0 Å². The van der Waals surface area contributed by atoms with Crippen molar-refractivity contribution in [1.29, 1.82) is 0 Å². The van der Waals surface area contributed by atoms with Crippen molar-refractivity contribution in [3.63, 3.8) is 0 Å². The van der Waals surface area contributed by atoms with Crippen LogP contribution >= 0.6 is 0 Å². The van der Waals surface area contributed by atoms with Gasteiger partial charge >= 0.3 is 11.6 Å². The van der Waals surface area contributed by atoms with Crippen LogP contribution in [0.5, 0.6) is 0 Å². The summed E-state index contributed by atoms with van der Waals surface area (Å²) in [5.74, 6) is -5.73. The van der Waals surface area contributed by atoms with Crippen molar-refractivity contribution < 1.29 is 19.6 Å². The Balaban J connectivity index is 5.60. The molecule has 0 unspecified atom stereocenters. The molecule has 0 saturated heterocycles. The summed E-state index contributed by atoms with van der Waals surface area (Å²) in [5, 5.41) is 30.1. The molecule has 0 aromatic heterocycles. The Hall–Kier alpha value is -2.13. The van der Waals surface area contributed by atoms with Crippen LogP contribution in [0.2, 0.25) is 0 Å². The van der Waals surface area contributed by atoms with E-state index in [0.29, 0.717) is 6.92 Å². The van der Waals surface area contributed by atoms with Crippen molar-refractivity contribution in [2.45, 2.75) is 12.7 Å². The van der Waals surface area contributed by atoms with E-state index in [2.05, 4.69) is 0 Å². The Labute approximate surface area is 69.6 Å². The van der Waals surface area contributed by atoms with Gasteiger partial charge < -0.3 is 0 Å². The molecule has 0 heterocycles. The van der Waals surface area contributed by atoms with Crippen LogP contribution in [0.25, 0.3) is 0 Å². The third kappa shape index (κ3) is 1.28. The fourth-order valence-corrected chi connectivity index (χ4v) is 0.586. The van der Waals surface area contributed by atoms with Crippen molar-refractivity contribution in [2.75, 3.05) is 0 Å². The summed E-state index contributed by atoms with van der Waals surface area (Å²) in [6, 6.07) is 0. The Bertz CT molecular complexity index is 234. The highest BCUT2D eigenvalue weighted by atomic mass is 16.7. The summed E-state index contributed by atoms with van der Waals surface area (Å²) in [6.45, 7) is 0.411. The van der Waals surface area contributed by atoms with Gasteiger partial charge in [-0.05, 0) is 0 Å². The van der Waals surface area contributed by atoms with Crippen LogP contribution in [0.4, 0.5) is 0 Å². The predicted molar refractivity (Wildman–Crippen MR) is 34.4 cm³/mol. The molecule has 0 aromatic rings. The molecule has 0 atom stereocenters. The number of carbonyl (C=O) groups excluding carboxylic acids is 1. The second-order valence-electron chi connectivity index (χ2n) is 1.96. The number of hydrogen-bond acceptors (Lipinski definition) is 7. The van der Waals surface area contributed by atoms with Gasteiger partial charge in [0.05, 0.1) is 0 Å². The lowest BCUT2D eigenvalue weighted by Gasteiger charge is -2.03. The lowest BCUT2D eigenvalue weighted by molar-refractivity contribution is -0.947. The first-order chi connectivity index (χ1) is 5.77. The normalized spacial score (nSPS) is 10.5. The standard InChI is InChI=1S/C3H3N3O7/c1-2(7)3(4(8)9,5(10)11)6(12)13/h1H3. The van der Waals surface area contributed by atoms with E-state index in [1.165, 1.54) is 0 Å². The highest BCUT2D eigenvalue weighted by Crippen LogP contribution is 2.12. The number of nitrogens with zero attached hydrogens (tertiary/aromatic N) is 3. The monoisotopic (exact) mass is 193 g/mol. The first-order valence-electron chi connectivity index (χ1n) is 2.72. The molecule has 0 aliphatic carbocycles. The van der Waals surface area contributed by atoms with Gasteiger partial charge in [0.1, 0.15) is 0 Å². The minimum Gasteiger partial charge on any atom is -0.274 e. The van der Waals surface area contributed by atoms with Crippen molar-refractivity contribution in [2.24, 2.45) is 0 Å².